The second-order valence-electron chi connectivity index (χ2n) is 6.65. The molecule has 0 spiro atoms. The number of aromatic nitrogens is 2. The van der Waals surface area contributed by atoms with Gasteiger partial charge in [-0.05, 0) is 31.0 Å². The van der Waals surface area contributed by atoms with Gasteiger partial charge in [-0.15, -0.1) is 0 Å². The molecule has 2 aromatic carbocycles. The Morgan fingerprint density at radius 3 is 2.61 bits per heavy atom. The average Bonchev–Trinajstić information content (AvgIpc) is 3.15. The van der Waals surface area contributed by atoms with Crippen molar-refractivity contribution in [3.63, 3.8) is 0 Å². The van der Waals surface area contributed by atoms with Gasteiger partial charge in [0.25, 0.3) is 0 Å². The number of fused-ring (bicyclic) bond motifs is 1. The van der Waals surface area contributed by atoms with Crippen LogP contribution in [-0.2, 0) is 11.2 Å². The number of rotatable bonds is 9. The van der Waals surface area contributed by atoms with E-state index >= 15 is 0 Å². The largest absolute Gasteiger partial charge is 0.374 e. The first-order chi connectivity index (χ1) is 13.8. The van der Waals surface area contributed by atoms with Crippen LogP contribution >= 0.6 is 0 Å². The summed E-state index contributed by atoms with van der Waals surface area (Å²) in [5.74, 6) is 1.78. The third-order valence-electron chi connectivity index (χ3n) is 4.57. The Kier molecular flexibility index (Phi) is 7.44. The first-order valence-electron chi connectivity index (χ1n) is 9.81. The molecular formula is C22H29N5O. The number of hydrogen-bond acceptors (Lipinski definition) is 3. The van der Waals surface area contributed by atoms with E-state index in [0.717, 1.165) is 48.7 Å². The zero-order valence-corrected chi connectivity index (χ0v) is 16.6. The summed E-state index contributed by atoms with van der Waals surface area (Å²) in [6.07, 6.45) is 1.84. The molecule has 0 radical (unpaired) electrons. The average molecular weight is 380 g/mol. The monoisotopic (exact) mass is 379 g/mol. The maximum Gasteiger partial charge on any atom is 0.190 e. The Labute approximate surface area is 166 Å². The lowest BCUT2D eigenvalue weighted by Gasteiger charge is -2.14. The number of aliphatic imine (C=N–C) groups is 1. The fraction of sp³-hybridized carbons (Fsp3) is 0.364. The number of para-hydroxylation sites is 2. The molecule has 0 amide bonds. The molecule has 1 aromatic heterocycles. The minimum Gasteiger partial charge on any atom is -0.374 e. The van der Waals surface area contributed by atoms with E-state index in [0.29, 0.717) is 6.61 Å². The summed E-state index contributed by atoms with van der Waals surface area (Å²) < 4.78 is 5.90. The zero-order chi connectivity index (χ0) is 19.6. The number of nitrogens with one attached hydrogen (secondary N) is 3. The van der Waals surface area contributed by atoms with Gasteiger partial charge in [-0.3, -0.25) is 4.99 Å². The van der Waals surface area contributed by atoms with Crippen molar-refractivity contribution in [2.75, 3.05) is 26.7 Å². The van der Waals surface area contributed by atoms with Crippen LogP contribution in [0.1, 0.15) is 30.8 Å². The van der Waals surface area contributed by atoms with E-state index in [2.05, 4.69) is 44.7 Å². The molecule has 28 heavy (non-hydrogen) atoms. The molecule has 0 aliphatic rings. The summed E-state index contributed by atoms with van der Waals surface area (Å²) in [6.45, 7) is 4.37. The number of H-pyrrole nitrogens is 1. The number of benzene rings is 2. The topological polar surface area (TPSA) is 74.3 Å². The molecule has 0 saturated heterocycles. The molecule has 0 bridgehead atoms. The van der Waals surface area contributed by atoms with Crippen molar-refractivity contribution in [2.45, 2.75) is 25.9 Å². The van der Waals surface area contributed by atoms with Gasteiger partial charge in [-0.25, -0.2) is 4.98 Å². The van der Waals surface area contributed by atoms with Gasteiger partial charge >= 0.3 is 0 Å². The van der Waals surface area contributed by atoms with E-state index in [4.69, 9.17) is 4.74 Å². The standard InChI is InChI=1S/C22H29N5O/c1-17(18-9-4-3-5-10-18)28-16-8-14-24-22(23-2)25-15-13-21-26-19-11-6-7-12-20(19)27-21/h3-7,9-12,17H,8,13-16H2,1-2H3,(H,26,27)(H2,23,24,25). The van der Waals surface area contributed by atoms with E-state index in [9.17, 15) is 0 Å². The van der Waals surface area contributed by atoms with Crippen LogP contribution in [-0.4, -0.2) is 42.7 Å². The van der Waals surface area contributed by atoms with E-state index in [1.165, 1.54) is 5.56 Å². The summed E-state index contributed by atoms with van der Waals surface area (Å²) in [6, 6.07) is 18.4. The predicted octanol–water partition coefficient (Wildman–Crippen LogP) is 3.44. The number of imidazole rings is 1. The fourth-order valence-corrected chi connectivity index (χ4v) is 3.00. The van der Waals surface area contributed by atoms with E-state index in [1.807, 2.05) is 42.5 Å². The second kappa shape index (κ2) is 10.5. The highest BCUT2D eigenvalue weighted by molar-refractivity contribution is 5.79. The number of aromatic amines is 1. The van der Waals surface area contributed by atoms with Crippen molar-refractivity contribution in [2.24, 2.45) is 4.99 Å². The molecule has 0 saturated carbocycles. The number of guanidine groups is 1. The molecule has 6 nitrogen and oxygen atoms in total. The smallest absolute Gasteiger partial charge is 0.190 e. The molecule has 1 unspecified atom stereocenters. The maximum atomic E-state index is 5.90. The van der Waals surface area contributed by atoms with Gasteiger partial charge in [0.1, 0.15) is 5.82 Å². The zero-order valence-electron chi connectivity index (χ0n) is 16.6. The van der Waals surface area contributed by atoms with Crippen LogP contribution in [0.15, 0.2) is 59.6 Å². The first-order valence-corrected chi connectivity index (χ1v) is 9.81. The molecule has 3 N–H and O–H groups in total. The van der Waals surface area contributed by atoms with E-state index in [1.54, 1.807) is 7.05 Å². The molecule has 0 aliphatic heterocycles. The molecule has 0 fully saturated rings. The molecule has 3 rings (SSSR count). The fourth-order valence-electron chi connectivity index (χ4n) is 3.00. The molecule has 148 valence electrons. The Balaban J connectivity index is 1.31. The quantitative estimate of drug-likeness (QED) is 0.302. The first kappa shape index (κ1) is 19.9. The van der Waals surface area contributed by atoms with Crippen LogP contribution < -0.4 is 10.6 Å². The number of hydrogen-bond donors (Lipinski definition) is 3. The molecular weight excluding hydrogens is 350 g/mol. The van der Waals surface area contributed by atoms with Gasteiger partial charge < -0.3 is 20.4 Å². The minimum atomic E-state index is 0.113. The van der Waals surface area contributed by atoms with E-state index < -0.39 is 0 Å². The van der Waals surface area contributed by atoms with Crippen molar-refractivity contribution in [1.29, 1.82) is 0 Å². The summed E-state index contributed by atoms with van der Waals surface area (Å²) in [5.41, 5.74) is 3.29. The Hall–Kier alpha value is -2.86. The van der Waals surface area contributed by atoms with Crippen molar-refractivity contribution < 1.29 is 4.74 Å². The van der Waals surface area contributed by atoms with Crippen LogP contribution in [0, 0.1) is 0 Å². The van der Waals surface area contributed by atoms with Gasteiger partial charge in [0, 0.05) is 33.2 Å². The van der Waals surface area contributed by atoms with Crippen LogP contribution in [0.4, 0.5) is 0 Å². The minimum absolute atomic E-state index is 0.113. The lowest BCUT2D eigenvalue weighted by Crippen LogP contribution is -2.39. The number of ether oxygens (including phenoxy) is 1. The summed E-state index contributed by atoms with van der Waals surface area (Å²) in [5, 5.41) is 6.65. The maximum absolute atomic E-state index is 5.90. The second-order valence-corrected chi connectivity index (χ2v) is 6.65. The van der Waals surface area contributed by atoms with Gasteiger partial charge in [-0.1, -0.05) is 42.5 Å². The Bertz CT molecular complexity index is 842. The Morgan fingerprint density at radius 2 is 1.82 bits per heavy atom. The highest BCUT2D eigenvalue weighted by Crippen LogP contribution is 2.15. The molecule has 3 aromatic rings. The van der Waals surface area contributed by atoms with Crippen molar-refractivity contribution in [1.82, 2.24) is 20.6 Å². The molecule has 0 aliphatic carbocycles. The highest BCUT2D eigenvalue weighted by atomic mass is 16.5. The van der Waals surface area contributed by atoms with Crippen LogP contribution in [0.3, 0.4) is 0 Å². The Morgan fingerprint density at radius 1 is 1.07 bits per heavy atom. The third-order valence-corrected chi connectivity index (χ3v) is 4.57. The van der Waals surface area contributed by atoms with Crippen molar-refractivity contribution in [3.05, 3.63) is 66.0 Å². The van der Waals surface area contributed by atoms with Gasteiger partial charge in [0.05, 0.1) is 17.1 Å². The number of nitrogens with zero attached hydrogens (tertiary/aromatic N) is 2. The highest BCUT2D eigenvalue weighted by Gasteiger charge is 2.05. The molecule has 1 heterocycles. The van der Waals surface area contributed by atoms with Gasteiger partial charge in [-0.2, -0.15) is 0 Å². The summed E-state index contributed by atoms with van der Waals surface area (Å²) in [7, 11) is 1.78. The normalized spacial score (nSPS) is 12.9. The van der Waals surface area contributed by atoms with E-state index in [-0.39, 0.29) is 6.10 Å². The van der Waals surface area contributed by atoms with Crippen LogP contribution in [0.2, 0.25) is 0 Å². The van der Waals surface area contributed by atoms with Crippen molar-refractivity contribution >= 4 is 17.0 Å². The lowest BCUT2D eigenvalue weighted by molar-refractivity contribution is 0.0646. The van der Waals surface area contributed by atoms with Crippen LogP contribution in [0.25, 0.3) is 11.0 Å². The summed E-state index contributed by atoms with van der Waals surface area (Å²) in [4.78, 5) is 12.2. The lowest BCUT2D eigenvalue weighted by atomic mass is 10.1. The van der Waals surface area contributed by atoms with Crippen LogP contribution in [0.5, 0.6) is 0 Å². The van der Waals surface area contributed by atoms with Gasteiger partial charge in [0.15, 0.2) is 5.96 Å². The molecule has 1 atom stereocenters. The van der Waals surface area contributed by atoms with Crippen molar-refractivity contribution in [3.8, 4) is 0 Å². The third kappa shape index (κ3) is 5.82. The molecule has 6 heteroatoms. The van der Waals surface area contributed by atoms with Gasteiger partial charge in [0.2, 0.25) is 0 Å². The predicted molar refractivity (Wildman–Crippen MR) is 115 cm³/mol. The SMILES string of the molecule is CN=C(NCCCOC(C)c1ccccc1)NCCc1nc2ccccc2[nH]1. The summed E-state index contributed by atoms with van der Waals surface area (Å²) >= 11 is 0.